The molecule has 0 atom stereocenters. The zero-order valence-electron chi connectivity index (χ0n) is 11.0. The highest BCUT2D eigenvalue weighted by Crippen LogP contribution is 2.11. The first kappa shape index (κ1) is 13.2. The summed E-state index contributed by atoms with van der Waals surface area (Å²) in [5, 5.41) is 11.7. The van der Waals surface area contributed by atoms with Crippen LogP contribution >= 0.6 is 0 Å². The fourth-order valence-electron chi connectivity index (χ4n) is 1.74. The molecule has 4 nitrogen and oxygen atoms in total. The average Bonchev–Trinajstić information content (AvgIpc) is 2.60. The lowest BCUT2D eigenvalue weighted by Crippen LogP contribution is -2.11. The second-order valence-corrected chi connectivity index (χ2v) is 4.67. The molecule has 0 aliphatic carbocycles. The van der Waals surface area contributed by atoms with Gasteiger partial charge in [-0.25, -0.2) is 4.68 Å². The summed E-state index contributed by atoms with van der Waals surface area (Å²) in [6.45, 7) is 8.49. The Morgan fingerprint density at radius 1 is 1.38 bits per heavy atom. The van der Waals surface area contributed by atoms with E-state index in [4.69, 9.17) is 0 Å². The van der Waals surface area contributed by atoms with E-state index in [-0.39, 0.29) is 0 Å². The van der Waals surface area contributed by atoms with Gasteiger partial charge in [0, 0.05) is 13.1 Å². The predicted octanol–water partition coefficient (Wildman–Crippen LogP) is 2.00. The third-order valence-corrected chi connectivity index (χ3v) is 2.67. The molecule has 0 radical (unpaired) electrons. The van der Waals surface area contributed by atoms with Crippen molar-refractivity contribution in [1.82, 2.24) is 20.3 Å². The van der Waals surface area contributed by atoms with E-state index in [0.29, 0.717) is 5.92 Å². The lowest BCUT2D eigenvalue weighted by Gasteiger charge is -2.08. The molecule has 0 amide bonds. The number of hydrogen-bond donors (Lipinski definition) is 1. The standard InChI is InChI=1S/C12H24N4/c1-5-6-12-11(9-13-4)14-15-16(12)8-7-10(2)3/h10,13H,5-9H2,1-4H3. The summed E-state index contributed by atoms with van der Waals surface area (Å²) in [7, 11) is 1.95. The highest BCUT2D eigenvalue weighted by molar-refractivity contribution is 5.10. The van der Waals surface area contributed by atoms with Crippen molar-refractivity contribution in [3.05, 3.63) is 11.4 Å². The van der Waals surface area contributed by atoms with Crippen LogP contribution in [0.15, 0.2) is 0 Å². The van der Waals surface area contributed by atoms with Gasteiger partial charge in [-0.2, -0.15) is 0 Å². The molecule has 0 saturated carbocycles. The Morgan fingerprint density at radius 2 is 2.12 bits per heavy atom. The summed E-state index contributed by atoms with van der Waals surface area (Å²) in [5.41, 5.74) is 2.41. The summed E-state index contributed by atoms with van der Waals surface area (Å²) in [6, 6.07) is 0. The molecule has 92 valence electrons. The van der Waals surface area contributed by atoms with Crippen molar-refractivity contribution < 1.29 is 0 Å². The number of aromatic nitrogens is 3. The van der Waals surface area contributed by atoms with Crippen LogP contribution in [0.25, 0.3) is 0 Å². The number of aryl methyl sites for hydroxylation is 1. The van der Waals surface area contributed by atoms with Gasteiger partial charge in [-0.05, 0) is 25.8 Å². The van der Waals surface area contributed by atoms with Crippen LogP contribution in [0.5, 0.6) is 0 Å². The quantitative estimate of drug-likeness (QED) is 0.770. The maximum absolute atomic E-state index is 4.25. The molecule has 1 rings (SSSR count). The van der Waals surface area contributed by atoms with Crippen LogP contribution in [0, 0.1) is 5.92 Å². The lowest BCUT2D eigenvalue weighted by molar-refractivity contribution is 0.466. The van der Waals surface area contributed by atoms with Crippen LogP contribution in [0.2, 0.25) is 0 Å². The average molecular weight is 224 g/mol. The van der Waals surface area contributed by atoms with E-state index in [1.54, 1.807) is 0 Å². The molecule has 0 spiro atoms. The Morgan fingerprint density at radius 3 is 2.69 bits per heavy atom. The molecular weight excluding hydrogens is 200 g/mol. The van der Waals surface area contributed by atoms with Gasteiger partial charge in [-0.1, -0.05) is 32.4 Å². The van der Waals surface area contributed by atoms with Gasteiger partial charge >= 0.3 is 0 Å². The summed E-state index contributed by atoms with van der Waals surface area (Å²) in [6.07, 6.45) is 3.38. The number of nitrogens with one attached hydrogen (secondary N) is 1. The van der Waals surface area contributed by atoms with E-state index in [1.807, 2.05) is 7.05 Å². The van der Waals surface area contributed by atoms with E-state index in [9.17, 15) is 0 Å². The topological polar surface area (TPSA) is 42.7 Å². The first-order chi connectivity index (χ1) is 7.69. The zero-order chi connectivity index (χ0) is 12.0. The van der Waals surface area contributed by atoms with E-state index in [1.165, 1.54) is 12.1 Å². The van der Waals surface area contributed by atoms with Gasteiger partial charge in [0.2, 0.25) is 0 Å². The molecule has 0 saturated heterocycles. The minimum atomic E-state index is 0.714. The first-order valence-corrected chi connectivity index (χ1v) is 6.24. The number of rotatable bonds is 7. The third-order valence-electron chi connectivity index (χ3n) is 2.67. The molecule has 1 N–H and O–H groups in total. The number of hydrogen-bond acceptors (Lipinski definition) is 3. The van der Waals surface area contributed by atoms with Crippen LogP contribution in [0.1, 0.15) is 45.0 Å². The van der Waals surface area contributed by atoms with Crippen molar-refractivity contribution in [2.24, 2.45) is 5.92 Å². The van der Waals surface area contributed by atoms with E-state index in [2.05, 4.69) is 41.1 Å². The molecular formula is C12H24N4. The van der Waals surface area contributed by atoms with Crippen LogP contribution in [0.4, 0.5) is 0 Å². The summed E-state index contributed by atoms with van der Waals surface area (Å²) < 4.78 is 2.08. The van der Waals surface area contributed by atoms with E-state index < -0.39 is 0 Å². The summed E-state index contributed by atoms with van der Waals surface area (Å²) >= 11 is 0. The Kier molecular flexibility index (Phi) is 5.46. The van der Waals surface area contributed by atoms with Gasteiger partial charge < -0.3 is 5.32 Å². The predicted molar refractivity (Wildman–Crippen MR) is 66.2 cm³/mol. The van der Waals surface area contributed by atoms with Gasteiger partial charge in [0.05, 0.1) is 11.4 Å². The van der Waals surface area contributed by atoms with Crippen molar-refractivity contribution in [2.75, 3.05) is 7.05 Å². The molecule has 1 heterocycles. The second kappa shape index (κ2) is 6.63. The summed E-state index contributed by atoms with van der Waals surface area (Å²) in [4.78, 5) is 0. The Hall–Kier alpha value is -0.900. The maximum Gasteiger partial charge on any atom is 0.0996 e. The maximum atomic E-state index is 4.25. The minimum absolute atomic E-state index is 0.714. The molecule has 16 heavy (non-hydrogen) atoms. The molecule has 1 aromatic heterocycles. The monoisotopic (exact) mass is 224 g/mol. The molecule has 1 aromatic rings. The van der Waals surface area contributed by atoms with Crippen molar-refractivity contribution >= 4 is 0 Å². The molecule has 0 aromatic carbocycles. The van der Waals surface area contributed by atoms with Gasteiger partial charge in [0.1, 0.15) is 0 Å². The molecule has 0 unspecified atom stereocenters. The molecule has 0 bridgehead atoms. The highest BCUT2D eigenvalue weighted by atomic mass is 15.4. The molecule has 0 aliphatic heterocycles. The van der Waals surface area contributed by atoms with Crippen LogP contribution in [-0.4, -0.2) is 22.0 Å². The fourth-order valence-corrected chi connectivity index (χ4v) is 1.74. The van der Waals surface area contributed by atoms with E-state index in [0.717, 1.165) is 31.6 Å². The van der Waals surface area contributed by atoms with Crippen molar-refractivity contribution in [3.8, 4) is 0 Å². The SMILES string of the molecule is CCCc1c(CNC)nnn1CCC(C)C. The molecule has 4 heteroatoms. The minimum Gasteiger partial charge on any atom is -0.314 e. The molecule has 0 fully saturated rings. The zero-order valence-corrected chi connectivity index (χ0v) is 11.0. The Bertz CT molecular complexity index is 304. The largest absolute Gasteiger partial charge is 0.314 e. The smallest absolute Gasteiger partial charge is 0.0996 e. The highest BCUT2D eigenvalue weighted by Gasteiger charge is 2.11. The van der Waals surface area contributed by atoms with E-state index >= 15 is 0 Å². The van der Waals surface area contributed by atoms with Gasteiger partial charge in [-0.3, -0.25) is 0 Å². The second-order valence-electron chi connectivity index (χ2n) is 4.67. The Labute approximate surface area is 98.4 Å². The van der Waals surface area contributed by atoms with Crippen LogP contribution in [0.3, 0.4) is 0 Å². The lowest BCUT2D eigenvalue weighted by atomic mass is 10.1. The van der Waals surface area contributed by atoms with Crippen LogP contribution in [-0.2, 0) is 19.5 Å². The fraction of sp³-hybridized carbons (Fsp3) is 0.833. The van der Waals surface area contributed by atoms with Gasteiger partial charge in [0.15, 0.2) is 0 Å². The third kappa shape index (κ3) is 3.59. The Balaban J connectivity index is 2.73. The van der Waals surface area contributed by atoms with Gasteiger partial charge in [-0.15, -0.1) is 5.10 Å². The van der Waals surface area contributed by atoms with Crippen LogP contribution < -0.4 is 5.32 Å². The van der Waals surface area contributed by atoms with Gasteiger partial charge in [0.25, 0.3) is 0 Å². The first-order valence-electron chi connectivity index (χ1n) is 6.24. The van der Waals surface area contributed by atoms with Crippen molar-refractivity contribution in [2.45, 2.75) is 53.1 Å². The van der Waals surface area contributed by atoms with Crippen molar-refractivity contribution in [1.29, 1.82) is 0 Å². The molecule has 0 aliphatic rings. The summed E-state index contributed by atoms with van der Waals surface area (Å²) in [5.74, 6) is 0.714. The normalized spacial score (nSPS) is 11.3. The number of nitrogens with zero attached hydrogens (tertiary/aromatic N) is 3. The van der Waals surface area contributed by atoms with Crippen molar-refractivity contribution in [3.63, 3.8) is 0 Å².